The van der Waals surface area contributed by atoms with Crippen molar-refractivity contribution in [2.24, 2.45) is 5.73 Å². The van der Waals surface area contributed by atoms with Crippen LogP contribution in [0, 0.1) is 0 Å². The Morgan fingerprint density at radius 2 is 2.16 bits per heavy atom. The van der Waals surface area contributed by atoms with E-state index in [0.717, 1.165) is 11.3 Å². The van der Waals surface area contributed by atoms with Gasteiger partial charge in [0.25, 0.3) is 0 Å². The zero-order valence-corrected chi connectivity index (χ0v) is 11.6. The first-order valence-corrected chi connectivity index (χ1v) is 6.30. The number of benzene rings is 1. The van der Waals surface area contributed by atoms with Crippen LogP contribution in [0.4, 0.5) is 0 Å². The van der Waals surface area contributed by atoms with E-state index in [2.05, 4.69) is 19.2 Å². The molecule has 1 rings (SSSR count). The van der Waals surface area contributed by atoms with Gasteiger partial charge in [-0.15, -0.1) is 0 Å². The highest BCUT2D eigenvalue weighted by atomic mass is 16.5. The first kappa shape index (κ1) is 15.5. The first-order chi connectivity index (χ1) is 8.99. The number of amides is 1. The zero-order chi connectivity index (χ0) is 14.4. The molecule has 1 amide bonds. The van der Waals surface area contributed by atoms with E-state index in [1.54, 1.807) is 7.11 Å². The lowest BCUT2D eigenvalue weighted by Gasteiger charge is -2.14. The normalized spacial score (nSPS) is 12.3. The Morgan fingerprint density at radius 3 is 2.68 bits per heavy atom. The topological polar surface area (TPSA) is 84.6 Å². The SMILES string of the molecule is COc1ccc(C(C)C)cc1CNC(=O)C(N)CO. The van der Waals surface area contributed by atoms with Gasteiger partial charge in [0.1, 0.15) is 11.8 Å². The molecule has 0 aliphatic rings. The molecule has 1 aromatic rings. The predicted molar refractivity (Wildman–Crippen MR) is 74.0 cm³/mol. The summed E-state index contributed by atoms with van der Waals surface area (Å²) in [4.78, 5) is 11.5. The van der Waals surface area contributed by atoms with Crippen molar-refractivity contribution < 1.29 is 14.6 Å². The predicted octanol–water partition coefficient (Wildman–Crippen LogP) is 0.754. The molecule has 1 unspecified atom stereocenters. The summed E-state index contributed by atoms with van der Waals surface area (Å²) < 4.78 is 5.27. The molecule has 1 atom stereocenters. The van der Waals surface area contributed by atoms with Gasteiger partial charge in [-0.05, 0) is 17.5 Å². The van der Waals surface area contributed by atoms with Crippen LogP contribution in [0.25, 0.3) is 0 Å². The third kappa shape index (κ3) is 4.22. The molecule has 5 nitrogen and oxygen atoms in total. The fourth-order valence-electron chi connectivity index (χ4n) is 1.69. The first-order valence-electron chi connectivity index (χ1n) is 6.30. The minimum atomic E-state index is -0.890. The molecule has 5 heteroatoms. The van der Waals surface area contributed by atoms with E-state index in [1.807, 2.05) is 18.2 Å². The minimum absolute atomic E-state index is 0.330. The lowest BCUT2D eigenvalue weighted by molar-refractivity contribution is -0.123. The van der Waals surface area contributed by atoms with Gasteiger partial charge in [0.05, 0.1) is 13.7 Å². The molecule has 1 aromatic carbocycles. The van der Waals surface area contributed by atoms with Crippen molar-refractivity contribution in [3.05, 3.63) is 29.3 Å². The number of carbonyl (C=O) groups is 1. The van der Waals surface area contributed by atoms with Crippen molar-refractivity contribution in [2.75, 3.05) is 13.7 Å². The summed E-state index contributed by atoms with van der Waals surface area (Å²) in [5.74, 6) is 0.752. The van der Waals surface area contributed by atoms with Gasteiger partial charge in [-0.1, -0.05) is 26.0 Å². The number of methoxy groups -OCH3 is 1. The standard InChI is InChI=1S/C14H22N2O3/c1-9(2)10-4-5-13(19-3)11(6-10)7-16-14(18)12(15)8-17/h4-6,9,12,17H,7-8,15H2,1-3H3,(H,16,18). The highest BCUT2D eigenvalue weighted by Crippen LogP contribution is 2.23. The lowest BCUT2D eigenvalue weighted by atomic mass is 10.00. The maximum Gasteiger partial charge on any atom is 0.239 e. The molecule has 0 aliphatic heterocycles. The van der Waals surface area contributed by atoms with Crippen molar-refractivity contribution >= 4 is 5.91 Å². The minimum Gasteiger partial charge on any atom is -0.496 e. The Hall–Kier alpha value is -1.59. The monoisotopic (exact) mass is 266 g/mol. The number of rotatable bonds is 6. The largest absolute Gasteiger partial charge is 0.496 e. The van der Waals surface area contributed by atoms with Gasteiger partial charge < -0.3 is 20.9 Å². The Labute approximate surface area is 113 Å². The number of aliphatic hydroxyl groups excluding tert-OH is 1. The van der Waals surface area contributed by atoms with Crippen LogP contribution in [0.1, 0.15) is 30.9 Å². The molecule has 0 saturated carbocycles. The number of hydrogen-bond acceptors (Lipinski definition) is 4. The summed E-state index contributed by atoms with van der Waals surface area (Å²) in [5.41, 5.74) is 7.51. The number of hydrogen-bond donors (Lipinski definition) is 3. The second-order valence-electron chi connectivity index (χ2n) is 4.73. The molecule has 0 spiro atoms. The smallest absolute Gasteiger partial charge is 0.239 e. The van der Waals surface area contributed by atoms with Gasteiger partial charge >= 0.3 is 0 Å². The van der Waals surface area contributed by atoms with E-state index < -0.39 is 6.04 Å². The quantitative estimate of drug-likeness (QED) is 0.709. The van der Waals surface area contributed by atoms with Crippen LogP contribution < -0.4 is 15.8 Å². The van der Waals surface area contributed by atoms with Crippen molar-refractivity contribution in [2.45, 2.75) is 32.4 Å². The Kier molecular flexibility index (Phi) is 5.79. The number of carbonyl (C=O) groups excluding carboxylic acids is 1. The Balaban J connectivity index is 2.80. The van der Waals surface area contributed by atoms with E-state index in [1.165, 1.54) is 5.56 Å². The molecule has 0 aliphatic carbocycles. The van der Waals surface area contributed by atoms with Crippen molar-refractivity contribution in [1.29, 1.82) is 0 Å². The molecule has 0 saturated heterocycles. The second kappa shape index (κ2) is 7.11. The maximum atomic E-state index is 11.5. The average Bonchev–Trinajstić information content (AvgIpc) is 2.43. The lowest BCUT2D eigenvalue weighted by Crippen LogP contribution is -2.42. The van der Waals surface area contributed by atoms with Crippen LogP contribution in [-0.2, 0) is 11.3 Å². The summed E-state index contributed by atoms with van der Waals surface area (Å²) in [7, 11) is 1.59. The summed E-state index contributed by atoms with van der Waals surface area (Å²) in [6.45, 7) is 4.17. The fourth-order valence-corrected chi connectivity index (χ4v) is 1.69. The fraction of sp³-hybridized carbons (Fsp3) is 0.500. The number of ether oxygens (including phenoxy) is 1. The summed E-state index contributed by atoms with van der Waals surface area (Å²) in [6, 6.07) is 5.02. The summed E-state index contributed by atoms with van der Waals surface area (Å²) in [6.07, 6.45) is 0. The van der Waals surface area contributed by atoms with E-state index in [4.69, 9.17) is 15.6 Å². The third-order valence-electron chi connectivity index (χ3n) is 2.96. The molecule has 19 heavy (non-hydrogen) atoms. The van der Waals surface area contributed by atoms with Crippen molar-refractivity contribution in [3.63, 3.8) is 0 Å². The summed E-state index contributed by atoms with van der Waals surface area (Å²) in [5, 5.41) is 11.5. The van der Waals surface area contributed by atoms with Crippen LogP contribution in [0.2, 0.25) is 0 Å². The molecule has 0 aromatic heterocycles. The van der Waals surface area contributed by atoms with Gasteiger partial charge in [0, 0.05) is 12.1 Å². The van der Waals surface area contributed by atoms with Gasteiger partial charge in [0.2, 0.25) is 5.91 Å². The van der Waals surface area contributed by atoms with E-state index >= 15 is 0 Å². The molecular formula is C14H22N2O3. The Morgan fingerprint density at radius 1 is 1.47 bits per heavy atom. The highest BCUT2D eigenvalue weighted by molar-refractivity contribution is 5.81. The average molecular weight is 266 g/mol. The van der Waals surface area contributed by atoms with Crippen molar-refractivity contribution in [1.82, 2.24) is 5.32 Å². The van der Waals surface area contributed by atoms with Crippen LogP contribution in [0.15, 0.2) is 18.2 Å². The van der Waals surface area contributed by atoms with Gasteiger partial charge in [-0.2, -0.15) is 0 Å². The van der Waals surface area contributed by atoms with Crippen molar-refractivity contribution in [3.8, 4) is 5.75 Å². The zero-order valence-electron chi connectivity index (χ0n) is 11.6. The van der Waals surface area contributed by atoms with Gasteiger partial charge in [-0.3, -0.25) is 4.79 Å². The third-order valence-corrected chi connectivity index (χ3v) is 2.96. The van der Waals surface area contributed by atoms with Crippen LogP contribution in [0.3, 0.4) is 0 Å². The van der Waals surface area contributed by atoms with E-state index in [-0.39, 0.29) is 12.5 Å². The number of aliphatic hydroxyl groups is 1. The number of nitrogens with two attached hydrogens (primary N) is 1. The summed E-state index contributed by atoms with van der Waals surface area (Å²) >= 11 is 0. The van der Waals surface area contributed by atoms with E-state index in [9.17, 15) is 4.79 Å². The molecule has 4 N–H and O–H groups in total. The van der Waals surface area contributed by atoms with Crippen LogP contribution in [0.5, 0.6) is 5.75 Å². The number of nitrogens with one attached hydrogen (secondary N) is 1. The molecule has 0 heterocycles. The maximum absolute atomic E-state index is 11.5. The van der Waals surface area contributed by atoms with Crippen LogP contribution in [-0.4, -0.2) is 30.8 Å². The molecule has 106 valence electrons. The van der Waals surface area contributed by atoms with Gasteiger partial charge in [-0.25, -0.2) is 0 Å². The molecule has 0 fully saturated rings. The highest BCUT2D eigenvalue weighted by Gasteiger charge is 2.13. The van der Waals surface area contributed by atoms with Crippen LogP contribution >= 0.6 is 0 Å². The Bertz CT molecular complexity index is 433. The molecule has 0 radical (unpaired) electrons. The van der Waals surface area contributed by atoms with E-state index in [0.29, 0.717) is 12.5 Å². The molecular weight excluding hydrogens is 244 g/mol. The van der Waals surface area contributed by atoms with Gasteiger partial charge in [0.15, 0.2) is 0 Å². The second-order valence-corrected chi connectivity index (χ2v) is 4.73. The molecule has 0 bridgehead atoms.